The van der Waals surface area contributed by atoms with Crippen LogP contribution in [0.1, 0.15) is 30.4 Å². The maximum absolute atomic E-state index is 12.0. The molecule has 0 N–H and O–H groups in total. The van der Waals surface area contributed by atoms with Crippen LogP contribution in [-0.4, -0.2) is 17.9 Å². The van der Waals surface area contributed by atoms with E-state index in [-0.39, 0.29) is 11.7 Å². The number of ether oxygens (including phenoxy) is 1. The van der Waals surface area contributed by atoms with Crippen LogP contribution in [0.3, 0.4) is 0 Å². The first-order valence-corrected chi connectivity index (χ1v) is 8.32. The molecule has 1 heterocycles. The highest BCUT2D eigenvalue weighted by molar-refractivity contribution is 5.78. The fraction of sp³-hybridized carbons (Fsp3) is 0.182. The van der Waals surface area contributed by atoms with E-state index >= 15 is 0 Å². The lowest BCUT2D eigenvalue weighted by molar-refractivity contribution is -0.117. The summed E-state index contributed by atoms with van der Waals surface area (Å²) in [6.45, 7) is 1.64. The summed E-state index contributed by atoms with van der Waals surface area (Å²) in [6, 6.07) is 22.0. The van der Waals surface area contributed by atoms with E-state index in [0.717, 1.165) is 28.1 Å². The molecule has 0 bridgehead atoms. The molecule has 0 unspecified atom stereocenters. The van der Waals surface area contributed by atoms with E-state index in [9.17, 15) is 4.79 Å². The lowest BCUT2D eigenvalue weighted by Gasteiger charge is -2.21. The van der Waals surface area contributed by atoms with Gasteiger partial charge in [-0.1, -0.05) is 36.4 Å². The van der Waals surface area contributed by atoms with E-state index in [4.69, 9.17) is 4.74 Å². The van der Waals surface area contributed by atoms with E-state index in [2.05, 4.69) is 17.1 Å². The Hall–Kier alpha value is -2.94. The van der Waals surface area contributed by atoms with E-state index in [1.165, 1.54) is 0 Å². The third-order valence-electron chi connectivity index (χ3n) is 4.27. The van der Waals surface area contributed by atoms with Crippen molar-refractivity contribution in [2.24, 2.45) is 0 Å². The van der Waals surface area contributed by atoms with Crippen LogP contribution in [0.4, 0.5) is 0 Å². The summed E-state index contributed by atoms with van der Waals surface area (Å²) in [5.41, 5.74) is 4.09. The summed E-state index contributed by atoms with van der Waals surface area (Å²) < 4.78 is 5.43. The number of nitrogens with zero attached hydrogens (tertiary/aromatic N) is 1. The molecule has 2 aromatic carbocycles. The van der Waals surface area contributed by atoms with Crippen molar-refractivity contribution < 1.29 is 9.53 Å². The average molecular weight is 331 g/mol. The molecule has 126 valence electrons. The number of benzene rings is 2. The van der Waals surface area contributed by atoms with Crippen LogP contribution in [0.2, 0.25) is 0 Å². The summed E-state index contributed by atoms with van der Waals surface area (Å²) >= 11 is 0. The monoisotopic (exact) mass is 331 g/mol. The first-order valence-electron chi connectivity index (χ1n) is 8.32. The van der Waals surface area contributed by atoms with Gasteiger partial charge in [-0.3, -0.25) is 9.78 Å². The molecule has 3 nitrogen and oxygen atoms in total. The second-order valence-corrected chi connectivity index (χ2v) is 6.04. The highest BCUT2D eigenvalue weighted by Gasteiger charge is 2.21. The zero-order chi connectivity index (χ0) is 17.6. The van der Waals surface area contributed by atoms with E-state index in [1.54, 1.807) is 20.2 Å². The molecule has 0 aliphatic rings. The van der Waals surface area contributed by atoms with Gasteiger partial charge in [0.15, 0.2) is 0 Å². The van der Waals surface area contributed by atoms with E-state index in [0.29, 0.717) is 6.42 Å². The van der Waals surface area contributed by atoms with Crippen LogP contribution < -0.4 is 4.74 Å². The number of rotatable bonds is 6. The number of carbonyl (C=O) groups excluding carboxylic acids is 1. The van der Waals surface area contributed by atoms with Crippen molar-refractivity contribution in [2.75, 3.05) is 7.11 Å². The van der Waals surface area contributed by atoms with Crippen LogP contribution in [0.5, 0.6) is 5.75 Å². The second kappa shape index (κ2) is 7.75. The van der Waals surface area contributed by atoms with Crippen LogP contribution in [0.15, 0.2) is 72.9 Å². The van der Waals surface area contributed by atoms with Crippen LogP contribution in [0, 0.1) is 0 Å². The SMILES string of the molecule is COc1ccc(-c2ccccn2)c([C@H](CC(C)=O)c2ccccc2)c1. The number of methoxy groups -OCH3 is 1. The third kappa shape index (κ3) is 3.94. The van der Waals surface area contributed by atoms with Gasteiger partial charge in [0.05, 0.1) is 12.8 Å². The molecule has 3 rings (SSSR count). The summed E-state index contributed by atoms with van der Waals surface area (Å²) in [5.74, 6) is 0.897. The summed E-state index contributed by atoms with van der Waals surface area (Å²) in [5, 5.41) is 0. The van der Waals surface area contributed by atoms with Crippen molar-refractivity contribution in [3.05, 3.63) is 84.1 Å². The van der Waals surface area contributed by atoms with Gasteiger partial charge in [0.25, 0.3) is 0 Å². The van der Waals surface area contributed by atoms with Gasteiger partial charge >= 0.3 is 0 Å². The Morgan fingerprint density at radius 2 is 1.80 bits per heavy atom. The maximum Gasteiger partial charge on any atom is 0.130 e. The topological polar surface area (TPSA) is 39.2 Å². The number of hydrogen-bond acceptors (Lipinski definition) is 3. The average Bonchev–Trinajstić information content (AvgIpc) is 2.67. The number of ketones is 1. The highest BCUT2D eigenvalue weighted by Crippen LogP contribution is 2.37. The van der Waals surface area contributed by atoms with E-state index in [1.807, 2.05) is 54.6 Å². The quantitative estimate of drug-likeness (QED) is 0.647. The minimum absolute atomic E-state index is 0.0363. The van der Waals surface area contributed by atoms with Crippen molar-refractivity contribution in [3.8, 4) is 17.0 Å². The van der Waals surface area contributed by atoms with Crippen molar-refractivity contribution in [1.82, 2.24) is 4.98 Å². The van der Waals surface area contributed by atoms with Crippen LogP contribution in [-0.2, 0) is 4.79 Å². The Kier molecular flexibility index (Phi) is 5.24. The Labute approximate surface area is 148 Å². The molecule has 0 aliphatic carbocycles. The van der Waals surface area contributed by atoms with Crippen molar-refractivity contribution in [2.45, 2.75) is 19.3 Å². The predicted octanol–water partition coefficient (Wildman–Crippen LogP) is 4.87. The van der Waals surface area contributed by atoms with Gasteiger partial charge in [-0.25, -0.2) is 0 Å². The number of Topliss-reactive ketones (excluding diaryl/α,β-unsaturated/α-hetero) is 1. The van der Waals surface area contributed by atoms with Gasteiger partial charge in [0.2, 0.25) is 0 Å². The zero-order valence-corrected chi connectivity index (χ0v) is 14.5. The van der Waals surface area contributed by atoms with Crippen molar-refractivity contribution >= 4 is 5.78 Å². The van der Waals surface area contributed by atoms with Gasteiger partial charge in [-0.2, -0.15) is 0 Å². The normalized spacial score (nSPS) is 11.8. The molecular weight excluding hydrogens is 310 g/mol. The smallest absolute Gasteiger partial charge is 0.130 e. The Morgan fingerprint density at radius 3 is 2.44 bits per heavy atom. The molecule has 0 spiro atoms. The van der Waals surface area contributed by atoms with Gasteiger partial charge in [0, 0.05) is 24.1 Å². The minimum Gasteiger partial charge on any atom is -0.497 e. The number of pyridine rings is 1. The molecule has 25 heavy (non-hydrogen) atoms. The molecule has 0 radical (unpaired) electrons. The molecule has 1 atom stereocenters. The molecule has 0 aliphatic heterocycles. The van der Waals surface area contributed by atoms with Gasteiger partial charge in [-0.05, 0) is 48.4 Å². The Balaban J connectivity index is 2.18. The fourth-order valence-electron chi connectivity index (χ4n) is 3.09. The fourth-order valence-corrected chi connectivity index (χ4v) is 3.09. The van der Waals surface area contributed by atoms with Gasteiger partial charge in [0.1, 0.15) is 11.5 Å². The predicted molar refractivity (Wildman–Crippen MR) is 99.8 cm³/mol. The van der Waals surface area contributed by atoms with Gasteiger partial charge in [-0.15, -0.1) is 0 Å². The maximum atomic E-state index is 12.0. The minimum atomic E-state index is -0.0363. The molecule has 0 fully saturated rings. The van der Waals surface area contributed by atoms with E-state index < -0.39 is 0 Å². The van der Waals surface area contributed by atoms with Crippen LogP contribution in [0.25, 0.3) is 11.3 Å². The molecule has 0 saturated heterocycles. The summed E-state index contributed by atoms with van der Waals surface area (Å²) in [7, 11) is 1.65. The van der Waals surface area contributed by atoms with Gasteiger partial charge < -0.3 is 4.74 Å². The molecule has 3 aromatic rings. The largest absolute Gasteiger partial charge is 0.497 e. The molecule has 1 aromatic heterocycles. The van der Waals surface area contributed by atoms with Crippen LogP contribution >= 0.6 is 0 Å². The lowest BCUT2D eigenvalue weighted by Crippen LogP contribution is -2.08. The Bertz CT molecular complexity index is 844. The second-order valence-electron chi connectivity index (χ2n) is 6.04. The zero-order valence-electron chi connectivity index (χ0n) is 14.5. The molecule has 0 saturated carbocycles. The first-order chi connectivity index (χ1) is 12.2. The first kappa shape index (κ1) is 16.9. The number of carbonyl (C=O) groups is 1. The summed E-state index contributed by atoms with van der Waals surface area (Å²) in [6.07, 6.45) is 2.23. The summed E-state index contributed by atoms with van der Waals surface area (Å²) in [4.78, 5) is 16.5. The van der Waals surface area contributed by atoms with Crippen molar-refractivity contribution in [1.29, 1.82) is 0 Å². The third-order valence-corrected chi connectivity index (χ3v) is 4.27. The molecular formula is C22H21NO2. The standard InChI is InChI=1S/C22H21NO2/c1-16(24)14-20(17-8-4-3-5-9-17)21-15-18(25-2)11-12-19(21)22-10-6-7-13-23-22/h3-13,15,20H,14H2,1-2H3/t20-/m1/s1. The number of hydrogen-bond donors (Lipinski definition) is 0. The molecule has 3 heteroatoms. The van der Waals surface area contributed by atoms with Crippen molar-refractivity contribution in [3.63, 3.8) is 0 Å². The highest BCUT2D eigenvalue weighted by atomic mass is 16.5. The lowest BCUT2D eigenvalue weighted by atomic mass is 9.83. The number of aromatic nitrogens is 1. The Morgan fingerprint density at radius 1 is 1.04 bits per heavy atom. The molecule has 0 amide bonds.